The first-order valence-corrected chi connectivity index (χ1v) is 5.88. The molecule has 2 aliphatic rings. The zero-order valence-corrected chi connectivity index (χ0v) is 8.93. The fourth-order valence-electron chi connectivity index (χ4n) is 2.62. The molecule has 2 heterocycles. The summed E-state index contributed by atoms with van der Waals surface area (Å²) < 4.78 is 6.08. The van der Waals surface area contributed by atoms with Crippen molar-refractivity contribution >= 4 is 0 Å². The zero-order valence-electron chi connectivity index (χ0n) is 8.93. The Morgan fingerprint density at radius 3 is 2.80 bits per heavy atom. The third kappa shape index (κ3) is 1.80. The molecule has 0 saturated carbocycles. The number of fused-ring (bicyclic) bond motifs is 1. The Balaban J connectivity index is 1.75. The van der Waals surface area contributed by atoms with Crippen LogP contribution >= 0.6 is 0 Å². The minimum atomic E-state index is 0.300. The van der Waals surface area contributed by atoms with E-state index in [0.29, 0.717) is 12.3 Å². The van der Waals surface area contributed by atoms with Crippen LogP contribution in [0.2, 0.25) is 0 Å². The number of ether oxygens (including phenoxy) is 1. The fourth-order valence-corrected chi connectivity index (χ4v) is 2.62. The van der Waals surface area contributed by atoms with Crippen molar-refractivity contribution in [2.75, 3.05) is 13.1 Å². The van der Waals surface area contributed by atoms with Crippen LogP contribution in [0.4, 0.5) is 0 Å². The van der Waals surface area contributed by atoms with Crippen molar-refractivity contribution in [2.24, 2.45) is 0 Å². The predicted molar refractivity (Wildman–Crippen MR) is 59.5 cm³/mol. The summed E-state index contributed by atoms with van der Waals surface area (Å²) in [7, 11) is 0. The van der Waals surface area contributed by atoms with Crippen molar-refractivity contribution in [3.63, 3.8) is 0 Å². The highest BCUT2D eigenvalue weighted by Gasteiger charge is 2.34. The van der Waals surface area contributed by atoms with Crippen LogP contribution in [0.15, 0.2) is 30.3 Å². The fraction of sp³-hybridized carbons (Fsp3) is 0.538. The summed E-state index contributed by atoms with van der Waals surface area (Å²) in [5, 5.41) is 0. The number of piperidine rings is 1. The maximum absolute atomic E-state index is 6.08. The van der Waals surface area contributed by atoms with E-state index < -0.39 is 0 Å². The van der Waals surface area contributed by atoms with Gasteiger partial charge in [0.15, 0.2) is 0 Å². The number of hydrogen-bond donors (Lipinski definition) is 0. The molecule has 2 heteroatoms. The average molecular weight is 203 g/mol. The van der Waals surface area contributed by atoms with E-state index in [1.54, 1.807) is 0 Å². The predicted octanol–water partition coefficient (Wildman–Crippen LogP) is 2.57. The number of nitrogens with zero attached hydrogens (tertiary/aromatic N) is 1. The summed E-state index contributed by atoms with van der Waals surface area (Å²) in [5.41, 5.74) is 1.33. The van der Waals surface area contributed by atoms with Crippen LogP contribution in [0.25, 0.3) is 0 Å². The molecule has 0 aliphatic carbocycles. The van der Waals surface area contributed by atoms with Gasteiger partial charge in [-0.05, 0) is 24.8 Å². The van der Waals surface area contributed by atoms with Crippen molar-refractivity contribution in [3.8, 4) is 0 Å². The van der Waals surface area contributed by atoms with Gasteiger partial charge in [0.05, 0.1) is 6.10 Å². The molecule has 0 amide bonds. The number of rotatable bonds is 1. The second-order valence-electron chi connectivity index (χ2n) is 4.48. The van der Waals surface area contributed by atoms with Crippen molar-refractivity contribution < 1.29 is 4.74 Å². The maximum Gasteiger partial charge on any atom is 0.111 e. The van der Waals surface area contributed by atoms with Crippen molar-refractivity contribution in [2.45, 2.75) is 31.6 Å². The summed E-state index contributed by atoms with van der Waals surface area (Å²) >= 11 is 0. The first-order chi connectivity index (χ1) is 7.43. The van der Waals surface area contributed by atoms with E-state index in [9.17, 15) is 0 Å². The molecule has 2 fully saturated rings. The third-order valence-corrected chi connectivity index (χ3v) is 3.45. The van der Waals surface area contributed by atoms with E-state index in [4.69, 9.17) is 4.74 Å². The number of hydrogen-bond acceptors (Lipinski definition) is 2. The molecule has 2 atom stereocenters. The lowest BCUT2D eigenvalue weighted by Crippen LogP contribution is -2.34. The zero-order chi connectivity index (χ0) is 10.1. The second-order valence-corrected chi connectivity index (χ2v) is 4.48. The van der Waals surface area contributed by atoms with Crippen molar-refractivity contribution in [1.29, 1.82) is 0 Å². The van der Waals surface area contributed by atoms with Crippen LogP contribution in [0.3, 0.4) is 0 Å². The van der Waals surface area contributed by atoms with Crippen LogP contribution in [-0.2, 0) is 4.74 Å². The third-order valence-electron chi connectivity index (χ3n) is 3.45. The van der Waals surface area contributed by atoms with E-state index in [1.807, 2.05) is 0 Å². The van der Waals surface area contributed by atoms with E-state index in [1.165, 1.54) is 31.4 Å². The molecule has 0 spiro atoms. The Morgan fingerprint density at radius 2 is 2.00 bits per heavy atom. The van der Waals surface area contributed by atoms with E-state index in [-0.39, 0.29) is 0 Å². The Hall–Kier alpha value is -0.860. The first kappa shape index (κ1) is 9.37. The molecule has 80 valence electrons. The van der Waals surface area contributed by atoms with Crippen molar-refractivity contribution in [3.05, 3.63) is 35.9 Å². The van der Waals surface area contributed by atoms with Gasteiger partial charge < -0.3 is 4.74 Å². The van der Waals surface area contributed by atoms with E-state index in [2.05, 4.69) is 35.2 Å². The summed E-state index contributed by atoms with van der Waals surface area (Å²) in [6, 6.07) is 10.6. The van der Waals surface area contributed by atoms with Crippen LogP contribution in [0, 0.1) is 0 Å². The molecule has 2 unspecified atom stereocenters. The Morgan fingerprint density at radius 1 is 1.13 bits per heavy atom. The van der Waals surface area contributed by atoms with Crippen LogP contribution < -0.4 is 0 Å². The van der Waals surface area contributed by atoms with E-state index in [0.717, 1.165) is 6.54 Å². The number of benzene rings is 1. The SMILES string of the molecule is c1ccc(C2CN3CCCCC3O2)cc1. The Bertz CT molecular complexity index is 311. The Kier molecular flexibility index (Phi) is 2.47. The first-order valence-electron chi connectivity index (χ1n) is 5.88. The lowest BCUT2D eigenvalue weighted by atomic mass is 10.1. The molecular weight excluding hydrogens is 186 g/mol. The Labute approximate surface area is 90.8 Å². The summed E-state index contributed by atoms with van der Waals surface area (Å²) in [5.74, 6) is 0. The largest absolute Gasteiger partial charge is 0.354 e. The minimum absolute atomic E-state index is 0.300. The molecule has 0 N–H and O–H groups in total. The molecule has 2 saturated heterocycles. The molecule has 1 aromatic rings. The smallest absolute Gasteiger partial charge is 0.111 e. The van der Waals surface area contributed by atoms with Crippen LogP contribution in [0.1, 0.15) is 30.9 Å². The van der Waals surface area contributed by atoms with Gasteiger partial charge in [-0.2, -0.15) is 0 Å². The average Bonchev–Trinajstić information content (AvgIpc) is 2.74. The van der Waals surface area contributed by atoms with Gasteiger partial charge in [0.2, 0.25) is 0 Å². The van der Waals surface area contributed by atoms with Gasteiger partial charge in [-0.15, -0.1) is 0 Å². The molecule has 15 heavy (non-hydrogen) atoms. The highest BCUT2D eigenvalue weighted by Crippen LogP contribution is 2.33. The molecule has 3 rings (SSSR count). The molecule has 1 aromatic carbocycles. The van der Waals surface area contributed by atoms with Gasteiger partial charge in [-0.3, -0.25) is 4.90 Å². The maximum atomic E-state index is 6.08. The van der Waals surface area contributed by atoms with Gasteiger partial charge in [-0.1, -0.05) is 30.3 Å². The van der Waals surface area contributed by atoms with Gasteiger partial charge in [-0.25, -0.2) is 0 Å². The highest BCUT2D eigenvalue weighted by molar-refractivity contribution is 5.18. The molecule has 0 bridgehead atoms. The molecule has 2 aliphatic heterocycles. The summed E-state index contributed by atoms with van der Waals surface area (Å²) in [4.78, 5) is 2.49. The second kappa shape index (κ2) is 3.95. The normalized spacial score (nSPS) is 31.5. The standard InChI is InChI=1S/C13H17NO/c1-2-6-11(7-3-1)12-10-14-9-5-4-8-13(14)15-12/h1-3,6-7,12-13H,4-5,8-10H2. The lowest BCUT2D eigenvalue weighted by Gasteiger charge is -2.26. The van der Waals surface area contributed by atoms with Gasteiger partial charge in [0, 0.05) is 13.1 Å². The quantitative estimate of drug-likeness (QED) is 0.695. The van der Waals surface area contributed by atoms with Gasteiger partial charge in [0.1, 0.15) is 6.23 Å². The summed E-state index contributed by atoms with van der Waals surface area (Å²) in [6.07, 6.45) is 4.56. The monoisotopic (exact) mass is 203 g/mol. The molecule has 0 aromatic heterocycles. The van der Waals surface area contributed by atoms with E-state index >= 15 is 0 Å². The lowest BCUT2D eigenvalue weighted by molar-refractivity contribution is -0.0200. The molecule has 2 nitrogen and oxygen atoms in total. The minimum Gasteiger partial charge on any atom is -0.354 e. The molecule has 0 radical (unpaired) electrons. The van der Waals surface area contributed by atoms with Crippen molar-refractivity contribution in [1.82, 2.24) is 4.90 Å². The van der Waals surface area contributed by atoms with Gasteiger partial charge >= 0.3 is 0 Å². The molecular formula is C13H17NO. The highest BCUT2D eigenvalue weighted by atomic mass is 16.5. The van der Waals surface area contributed by atoms with Crippen LogP contribution in [-0.4, -0.2) is 24.2 Å². The topological polar surface area (TPSA) is 12.5 Å². The summed E-state index contributed by atoms with van der Waals surface area (Å²) in [6.45, 7) is 2.29. The van der Waals surface area contributed by atoms with Gasteiger partial charge in [0.25, 0.3) is 0 Å². The van der Waals surface area contributed by atoms with Crippen LogP contribution in [0.5, 0.6) is 0 Å².